The Morgan fingerprint density at radius 3 is 3.05 bits per heavy atom. The Labute approximate surface area is 112 Å². The van der Waals surface area contributed by atoms with Gasteiger partial charge < -0.3 is 15.8 Å². The van der Waals surface area contributed by atoms with Crippen molar-refractivity contribution in [1.29, 1.82) is 0 Å². The van der Waals surface area contributed by atoms with Crippen LogP contribution in [0, 0.1) is 11.7 Å². The summed E-state index contributed by atoms with van der Waals surface area (Å²) in [6.07, 6.45) is 2.15. The van der Waals surface area contributed by atoms with E-state index in [1.165, 1.54) is 24.6 Å². The Morgan fingerprint density at radius 2 is 2.37 bits per heavy atom. The molecule has 4 nitrogen and oxygen atoms in total. The Kier molecular flexibility index (Phi) is 4.87. The van der Waals surface area contributed by atoms with Crippen LogP contribution in [0.5, 0.6) is 0 Å². The van der Waals surface area contributed by atoms with E-state index in [0.29, 0.717) is 23.7 Å². The number of nitrogens with two attached hydrogens (primary N) is 1. The van der Waals surface area contributed by atoms with Crippen molar-refractivity contribution < 1.29 is 13.9 Å². The average molecular weight is 266 g/mol. The van der Waals surface area contributed by atoms with Gasteiger partial charge >= 0.3 is 0 Å². The molecule has 104 valence electrons. The second-order valence-electron chi connectivity index (χ2n) is 4.87. The van der Waals surface area contributed by atoms with Gasteiger partial charge in [-0.2, -0.15) is 0 Å². The van der Waals surface area contributed by atoms with E-state index < -0.39 is 5.91 Å². The summed E-state index contributed by atoms with van der Waals surface area (Å²) in [5.41, 5.74) is 5.84. The van der Waals surface area contributed by atoms with Crippen LogP contribution in [-0.2, 0) is 11.3 Å². The molecule has 3 N–H and O–H groups in total. The quantitative estimate of drug-likeness (QED) is 0.766. The predicted molar refractivity (Wildman–Crippen MR) is 70.2 cm³/mol. The van der Waals surface area contributed by atoms with E-state index in [4.69, 9.17) is 10.5 Å². The van der Waals surface area contributed by atoms with E-state index in [1.807, 2.05) is 0 Å². The van der Waals surface area contributed by atoms with E-state index in [1.54, 1.807) is 0 Å². The first-order chi connectivity index (χ1) is 9.16. The van der Waals surface area contributed by atoms with Crippen LogP contribution in [-0.4, -0.2) is 25.6 Å². The zero-order valence-corrected chi connectivity index (χ0v) is 10.8. The lowest BCUT2D eigenvalue weighted by atomic mass is 10.1. The number of carbonyl (C=O) groups excluding carboxylic acids is 1. The van der Waals surface area contributed by atoms with E-state index in [-0.39, 0.29) is 12.4 Å². The fourth-order valence-electron chi connectivity index (χ4n) is 2.23. The molecule has 5 heteroatoms. The van der Waals surface area contributed by atoms with Gasteiger partial charge in [-0.1, -0.05) is 0 Å². The van der Waals surface area contributed by atoms with Crippen LogP contribution < -0.4 is 11.1 Å². The molecular formula is C14H19FN2O2. The number of benzene rings is 1. The third-order valence-corrected chi connectivity index (χ3v) is 3.42. The van der Waals surface area contributed by atoms with Crippen LogP contribution in [0.15, 0.2) is 18.2 Å². The van der Waals surface area contributed by atoms with Gasteiger partial charge in [-0.25, -0.2) is 4.39 Å². The number of carbonyl (C=O) groups is 1. The van der Waals surface area contributed by atoms with Gasteiger partial charge in [0.05, 0.1) is 6.61 Å². The number of hydrogen-bond acceptors (Lipinski definition) is 3. The lowest BCUT2D eigenvalue weighted by Gasteiger charge is -2.09. The molecule has 1 amide bonds. The SMILES string of the molecule is NC(=O)c1ccc(F)c(COCCC2CCNC2)c1. The van der Waals surface area contributed by atoms with Crippen LogP contribution in [0.1, 0.15) is 28.8 Å². The number of nitrogens with one attached hydrogen (secondary N) is 1. The van der Waals surface area contributed by atoms with Crippen molar-refractivity contribution in [2.45, 2.75) is 19.4 Å². The number of halogens is 1. The monoisotopic (exact) mass is 266 g/mol. The van der Waals surface area contributed by atoms with Gasteiger partial charge in [0.15, 0.2) is 0 Å². The second kappa shape index (κ2) is 6.63. The third kappa shape index (κ3) is 4.01. The maximum atomic E-state index is 13.5. The van der Waals surface area contributed by atoms with Gasteiger partial charge in [0, 0.05) is 17.7 Å². The molecule has 0 aliphatic carbocycles. The van der Waals surface area contributed by atoms with Crippen LogP contribution in [0.3, 0.4) is 0 Å². The van der Waals surface area contributed by atoms with Crippen molar-refractivity contribution in [3.05, 3.63) is 35.1 Å². The minimum absolute atomic E-state index is 0.174. The van der Waals surface area contributed by atoms with Crippen molar-refractivity contribution in [3.8, 4) is 0 Å². The molecule has 1 fully saturated rings. The van der Waals surface area contributed by atoms with Crippen LogP contribution in [0.2, 0.25) is 0 Å². The lowest BCUT2D eigenvalue weighted by molar-refractivity contribution is 0.0997. The van der Waals surface area contributed by atoms with Crippen LogP contribution in [0.4, 0.5) is 4.39 Å². The predicted octanol–water partition coefficient (Wildman–Crippen LogP) is 1.44. The summed E-state index contributed by atoms with van der Waals surface area (Å²) < 4.78 is 19.0. The van der Waals surface area contributed by atoms with Gasteiger partial charge in [0.1, 0.15) is 5.82 Å². The van der Waals surface area contributed by atoms with Crippen molar-refractivity contribution >= 4 is 5.91 Å². The molecule has 1 unspecified atom stereocenters. The highest BCUT2D eigenvalue weighted by molar-refractivity contribution is 5.92. The first kappa shape index (κ1) is 14.0. The summed E-state index contributed by atoms with van der Waals surface area (Å²) >= 11 is 0. The van der Waals surface area contributed by atoms with Crippen molar-refractivity contribution in [2.75, 3.05) is 19.7 Å². The maximum absolute atomic E-state index is 13.5. The highest BCUT2D eigenvalue weighted by atomic mass is 19.1. The Morgan fingerprint density at radius 1 is 1.53 bits per heavy atom. The number of ether oxygens (including phenoxy) is 1. The summed E-state index contributed by atoms with van der Waals surface area (Å²) in [7, 11) is 0. The average Bonchev–Trinajstić information content (AvgIpc) is 2.89. The van der Waals surface area contributed by atoms with Crippen molar-refractivity contribution in [3.63, 3.8) is 0 Å². The van der Waals surface area contributed by atoms with Crippen molar-refractivity contribution in [2.24, 2.45) is 11.7 Å². The third-order valence-electron chi connectivity index (χ3n) is 3.42. The van der Waals surface area contributed by atoms with Crippen molar-refractivity contribution in [1.82, 2.24) is 5.32 Å². The molecule has 19 heavy (non-hydrogen) atoms. The van der Waals surface area contributed by atoms with E-state index in [2.05, 4.69) is 5.32 Å². The maximum Gasteiger partial charge on any atom is 0.248 e. The minimum Gasteiger partial charge on any atom is -0.377 e. The molecule has 0 spiro atoms. The zero-order chi connectivity index (χ0) is 13.7. The summed E-state index contributed by atoms with van der Waals surface area (Å²) in [5, 5.41) is 3.29. The molecule has 1 aromatic carbocycles. The van der Waals surface area contributed by atoms with E-state index in [9.17, 15) is 9.18 Å². The summed E-state index contributed by atoms with van der Waals surface area (Å²) in [6.45, 7) is 2.88. The lowest BCUT2D eigenvalue weighted by Crippen LogP contribution is -2.12. The molecule has 1 aromatic rings. The normalized spacial score (nSPS) is 18.7. The molecule has 2 rings (SSSR count). The van der Waals surface area contributed by atoms with Gasteiger partial charge in [-0.15, -0.1) is 0 Å². The first-order valence-corrected chi connectivity index (χ1v) is 6.53. The molecule has 1 aliphatic rings. The van der Waals surface area contributed by atoms with E-state index in [0.717, 1.165) is 19.5 Å². The van der Waals surface area contributed by atoms with Gasteiger partial charge in [0.25, 0.3) is 0 Å². The fraction of sp³-hybridized carbons (Fsp3) is 0.500. The molecule has 0 saturated carbocycles. The molecule has 0 radical (unpaired) electrons. The summed E-state index contributed by atoms with van der Waals surface area (Å²) in [6, 6.07) is 4.08. The number of hydrogen-bond donors (Lipinski definition) is 2. The molecule has 0 aromatic heterocycles. The smallest absolute Gasteiger partial charge is 0.248 e. The fourth-order valence-corrected chi connectivity index (χ4v) is 2.23. The van der Waals surface area contributed by atoms with Gasteiger partial charge in [-0.3, -0.25) is 4.79 Å². The first-order valence-electron chi connectivity index (χ1n) is 6.53. The zero-order valence-electron chi connectivity index (χ0n) is 10.8. The molecule has 1 atom stereocenters. The Bertz CT molecular complexity index is 445. The van der Waals surface area contributed by atoms with Gasteiger partial charge in [0.2, 0.25) is 5.91 Å². The summed E-state index contributed by atoms with van der Waals surface area (Å²) in [5.74, 6) is -0.271. The van der Waals surface area contributed by atoms with Crippen LogP contribution >= 0.6 is 0 Å². The Balaban J connectivity index is 1.81. The highest BCUT2D eigenvalue weighted by Crippen LogP contribution is 2.14. The second-order valence-corrected chi connectivity index (χ2v) is 4.87. The largest absolute Gasteiger partial charge is 0.377 e. The standard InChI is InChI=1S/C14H19FN2O2/c15-13-2-1-11(14(16)18)7-12(13)9-19-6-4-10-3-5-17-8-10/h1-2,7,10,17H,3-6,8-9H2,(H2,16,18). The topological polar surface area (TPSA) is 64.4 Å². The molecule has 1 saturated heterocycles. The summed E-state index contributed by atoms with van der Waals surface area (Å²) in [4.78, 5) is 11.0. The van der Waals surface area contributed by atoms with Crippen LogP contribution in [0.25, 0.3) is 0 Å². The van der Waals surface area contributed by atoms with Gasteiger partial charge in [-0.05, 0) is 50.0 Å². The number of rotatable bonds is 6. The number of primary amides is 1. The minimum atomic E-state index is -0.557. The Hall–Kier alpha value is -1.46. The molecule has 0 bridgehead atoms. The molecule has 1 heterocycles. The number of amides is 1. The highest BCUT2D eigenvalue weighted by Gasteiger charge is 2.14. The molecular weight excluding hydrogens is 247 g/mol. The molecule has 1 aliphatic heterocycles. The van der Waals surface area contributed by atoms with E-state index >= 15 is 0 Å².